The molecule has 0 spiro atoms. The summed E-state index contributed by atoms with van der Waals surface area (Å²) in [6.07, 6.45) is 4.84. The molecule has 0 radical (unpaired) electrons. The lowest BCUT2D eigenvalue weighted by Crippen LogP contribution is -2.35. The number of hydrazine groups is 1. The van der Waals surface area contributed by atoms with Gasteiger partial charge in [0.25, 0.3) is 0 Å². The maximum Gasteiger partial charge on any atom is 0.300 e. The van der Waals surface area contributed by atoms with Gasteiger partial charge < -0.3 is 9.52 Å². The van der Waals surface area contributed by atoms with Crippen molar-refractivity contribution in [1.82, 2.24) is 10.3 Å². The maximum atomic E-state index is 11.5. The Bertz CT molecular complexity index is 453. The van der Waals surface area contributed by atoms with E-state index in [1.165, 1.54) is 25.7 Å². The SMILES string of the molecule is Cc1oc(C(=O)NN)cc1CN(CCO)C1CCCC1. The third-order valence-corrected chi connectivity index (χ3v) is 3.98. The lowest BCUT2D eigenvalue weighted by molar-refractivity contribution is 0.0924. The van der Waals surface area contributed by atoms with Gasteiger partial charge >= 0.3 is 5.91 Å². The lowest BCUT2D eigenvalue weighted by atomic mass is 10.1. The second kappa shape index (κ2) is 6.88. The molecular formula is C14H23N3O3. The molecule has 2 rings (SSSR count). The molecule has 1 aliphatic carbocycles. The largest absolute Gasteiger partial charge is 0.456 e. The van der Waals surface area contributed by atoms with Gasteiger partial charge in [-0.3, -0.25) is 15.1 Å². The van der Waals surface area contributed by atoms with Crippen molar-refractivity contribution >= 4 is 5.91 Å². The predicted molar refractivity (Wildman–Crippen MR) is 74.9 cm³/mol. The summed E-state index contributed by atoms with van der Waals surface area (Å²) < 4.78 is 5.43. The fraction of sp³-hybridized carbons (Fsp3) is 0.643. The fourth-order valence-electron chi connectivity index (χ4n) is 2.87. The van der Waals surface area contributed by atoms with Gasteiger partial charge in [0, 0.05) is 24.7 Å². The topological polar surface area (TPSA) is 91.7 Å². The zero-order valence-electron chi connectivity index (χ0n) is 11.9. The van der Waals surface area contributed by atoms with Gasteiger partial charge in [-0.05, 0) is 25.8 Å². The zero-order valence-corrected chi connectivity index (χ0v) is 11.9. The number of carbonyl (C=O) groups excluding carboxylic acids is 1. The van der Waals surface area contributed by atoms with Gasteiger partial charge in [0.1, 0.15) is 5.76 Å². The molecule has 0 saturated heterocycles. The third-order valence-electron chi connectivity index (χ3n) is 3.98. The molecule has 6 heteroatoms. The minimum Gasteiger partial charge on any atom is -0.456 e. The molecular weight excluding hydrogens is 258 g/mol. The van der Waals surface area contributed by atoms with E-state index in [2.05, 4.69) is 10.3 Å². The number of aliphatic hydroxyl groups is 1. The van der Waals surface area contributed by atoms with E-state index in [4.69, 9.17) is 10.3 Å². The van der Waals surface area contributed by atoms with E-state index < -0.39 is 5.91 Å². The molecule has 4 N–H and O–H groups in total. The molecule has 0 aliphatic heterocycles. The Morgan fingerprint density at radius 3 is 2.85 bits per heavy atom. The van der Waals surface area contributed by atoms with Crippen molar-refractivity contribution in [3.05, 3.63) is 23.2 Å². The van der Waals surface area contributed by atoms with Crippen molar-refractivity contribution < 1.29 is 14.3 Å². The number of nitrogens with zero attached hydrogens (tertiary/aromatic N) is 1. The molecule has 1 aromatic rings. The fourth-order valence-corrected chi connectivity index (χ4v) is 2.87. The van der Waals surface area contributed by atoms with Crippen LogP contribution in [0.25, 0.3) is 0 Å². The van der Waals surface area contributed by atoms with Crippen LogP contribution in [0.4, 0.5) is 0 Å². The van der Waals surface area contributed by atoms with E-state index in [-0.39, 0.29) is 12.4 Å². The first-order valence-electron chi connectivity index (χ1n) is 7.11. The van der Waals surface area contributed by atoms with E-state index in [0.717, 1.165) is 11.3 Å². The summed E-state index contributed by atoms with van der Waals surface area (Å²) in [5, 5.41) is 9.23. The number of furan rings is 1. The van der Waals surface area contributed by atoms with Crippen molar-refractivity contribution in [2.45, 2.75) is 45.2 Å². The number of nitrogens with one attached hydrogen (secondary N) is 1. The Labute approximate surface area is 118 Å². The number of nitrogens with two attached hydrogens (primary N) is 1. The monoisotopic (exact) mass is 281 g/mol. The molecule has 1 aliphatic rings. The molecule has 1 aromatic heterocycles. The summed E-state index contributed by atoms with van der Waals surface area (Å²) in [5.41, 5.74) is 3.04. The zero-order chi connectivity index (χ0) is 14.5. The van der Waals surface area contributed by atoms with Crippen LogP contribution in [0.5, 0.6) is 0 Å². The smallest absolute Gasteiger partial charge is 0.300 e. The molecule has 1 amide bonds. The third kappa shape index (κ3) is 3.39. The highest BCUT2D eigenvalue weighted by Crippen LogP contribution is 2.26. The second-order valence-corrected chi connectivity index (χ2v) is 5.30. The summed E-state index contributed by atoms with van der Waals surface area (Å²) in [6.45, 7) is 3.32. The first-order chi connectivity index (χ1) is 9.65. The summed E-state index contributed by atoms with van der Waals surface area (Å²) in [5.74, 6) is 5.64. The molecule has 6 nitrogen and oxygen atoms in total. The molecule has 0 unspecified atom stereocenters. The first kappa shape index (κ1) is 15.0. The van der Waals surface area contributed by atoms with E-state index in [1.54, 1.807) is 6.07 Å². The maximum absolute atomic E-state index is 11.5. The average molecular weight is 281 g/mol. The minimum atomic E-state index is -0.422. The van der Waals surface area contributed by atoms with E-state index in [1.807, 2.05) is 6.92 Å². The van der Waals surface area contributed by atoms with E-state index in [0.29, 0.717) is 19.1 Å². The number of aryl methyl sites for hydroxylation is 1. The Morgan fingerprint density at radius 1 is 1.55 bits per heavy atom. The van der Waals surface area contributed by atoms with Crippen molar-refractivity contribution in [3.63, 3.8) is 0 Å². The Hall–Kier alpha value is -1.37. The van der Waals surface area contributed by atoms with Crippen LogP contribution in [0.2, 0.25) is 0 Å². The molecule has 0 atom stereocenters. The molecule has 1 saturated carbocycles. The molecule has 112 valence electrons. The highest BCUT2D eigenvalue weighted by Gasteiger charge is 2.24. The number of rotatable bonds is 6. The average Bonchev–Trinajstić information content (AvgIpc) is 3.08. The highest BCUT2D eigenvalue weighted by atomic mass is 16.4. The van der Waals surface area contributed by atoms with Gasteiger partial charge in [0.15, 0.2) is 5.76 Å². The number of amides is 1. The van der Waals surface area contributed by atoms with E-state index >= 15 is 0 Å². The Balaban J connectivity index is 2.09. The number of hydrogen-bond donors (Lipinski definition) is 3. The predicted octanol–water partition coefficient (Wildman–Crippen LogP) is 0.928. The first-order valence-corrected chi connectivity index (χ1v) is 7.11. The Kier molecular flexibility index (Phi) is 5.17. The van der Waals surface area contributed by atoms with Gasteiger partial charge in [-0.2, -0.15) is 0 Å². The van der Waals surface area contributed by atoms with Crippen LogP contribution >= 0.6 is 0 Å². The number of hydrogen-bond acceptors (Lipinski definition) is 5. The molecule has 1 heterocycles. The normalized spacial score (nSPS) is 16.0. The van der Waals surface area contributed by atoms with Crippen LogP contribution in [-0.2, 0) is 6.54 Å². The van der Waals surface area contributed by atoms with Crippen LogP contribution in [0.1, 0.15) is 47.6 Å². The van der Waals surface area contributed by atoms with Crippen molar-refractivity contribution in [2.75, 3.05) is 13.2 Å². The van der Waals surface area contributed by atoms with Crippen LogP contribution in [0, 0.1) is 6.92 Å². The van der Waals surface area contributed by atoms with Crippen LogP contribution in [-0.4, -0.2) is 35.1 Å². The highest BCUT2D eigenvalue weighted by molar-refractivity contribution is 5.91. The standard InChI is InChI=1S/C14H23N3O3/c1-10-11(8-13(20-10)14(19)16-15)9-17(6-7-18)12-4-2-3-5-12/h8,12,18H,2-7,9,15H2,1H3,(H,16,19). The second-order valence-electron chi connectivity index (χ2n) is 5.30. The number of aliphatic hydroxyl groups excluding tert-OH is 1. The quantitative estimate of drug-likeness (QED) is 0.410. The minimum absolute atomic E-state index is 0.142. The molecule has 1 fully saturated rings. The number of carbonyl (C=O) groups is 1. The summed E-state index contributed by atoms with van der Waals surface area (Å²) in [6, 6.07) is 2.25. The van der Waals surface area contributed by atoms with Crippen molar-refractivity contribution in [3.8, 4) is 0 Å². The van der Waals surface area contributed by atoms with Crippen LogP contribution in [0.15, 0.2) is 10.5 Å². The molecule has 20 heavy (non-hydrogen) atoms. The molecule has 0 aromatic carbocycles. The summed E-state index contributed by atoms with van der Waals surface area (Å²) in [7, 11) is 0. The van der Waals surface area contributed by atoms with Gasteiger partial charge in [-0.1, -0.05) is 12.8 Å². The van der Waals surface area contributed by atoms with E-state index in [9.17, 15) is 9.90 Å². The lowest BCUT2D eigenvalue weighted by Gasteiger charge is -2.27. The van der Waals surface area contributed by atoms with Crippen LogP contribution < -0.4 is 11.3 Å². The van der Waals surface area contributed by atoms with Crippen molar-refractivity contribution in [2.24, 2.45) is 5.84 Å². The van der Waals surface area contributed by atoms with Crippen LogP contribution in [0.3, 0.4) is 0 Å². The summed E-state index contributed by atoms with van der Waals surface area (Å²) >= 11 is 0. The Morgan fingerprint density at radius 2 is 2.25 bits per heavy atom. The van der Waals surface area contributed by atoms with Gasteiger partial charge in [-0.25, -0.2) is 5.84 Å². The molecule has 0 bridgehead atoms. The summed E-state index contributed by atoms with van der Waals surface area (Å²) in [4.78, 5) is 13.7. The number of nitrogen functional groups attached to an aromatic ring is 1. The van der Waals surface area contributed by atoms with Gasteiger partial charge in [-0.15, -0.1) is 0 Å². The van der Waals surface area contributed by atoms with Gasteiger partial charge in [0.05, 0.1) is 6.61 Å². The van der Waals surface area contributed by atoms with Crippen molar-refractivity contribution in [1.29, 1.82) is 0 Å². The van der Waals surface area contributed by atoms with Gasteiger partial charge in [0.2, 0.25) is 0 Å².